The molecule has 0 spiro atoms. The maximum atomic E-state index is 12.1. The van der Waals surface area contributed by atoms with E-state index in [0.29, 0.717) is 6.42 Å². The standard InChI is InChI=1S/C14H20N2O2/c1-8-5-10-11(16(8)9(2)13(15)18)6-14(3,4)7-12(10)17/h5,9H,6-7H2,1-4H3,(H2,15,18). The summed E-state index contributed by atoms with van der Waals surface area (Å²) in [5.74, 6) is -0.202. The van der Waals surface area contributed by atoms with Crippen LogP contribution < -0.4 is 5.73 Å². The summed E-state index contributed by atoms with van der Waals surface area (Å²) in [6, 6.07) is 1.47. The molecule has 1 aliphatic carbocycles. The summed E-state index contributed by atoms with van der Waals surface area (Å²) in [5.41, 5.74) is 7.99. The van der Waals surface area contributed by atoms with E-state index in [9.17, 15) is 9.59 Å². The van der Waals surface area contributed by atoms with Gasteiger partial charge in [-0.15, -0.1) is 0 Å². The van der Waals surface area contributed by atoms with E-state index in [0.717, 1.165) is 23.4 Å². The van der Waals surface area contributed by atoms with Crippen molar-refractivity contribution in [1.82, 2.24) is 4.57 Å². The summed E-state index contributed by atoms with van der Waals surface area (Å²) in [6.07, 6.45) is 1.37. The van der Waals surface area contributed by atoms with Gasteiger partial charge < -0.3 is 10.3 Å². The minimum absolute atomic E-state index is 0.0516. The lowest BCUT2D eigenvalue weighted by atomic mass is 9.76. The molecule has 4 nitrogen and oxygen atoms in total. The van der Waals surface area contributed by atoms with E-state index < -0.39 is 6.04 Å². The van der Waals surface area contributed by atoms with Crippen LogP contribution in [0.5, 0.6) is 0 Å². The fourth-order valence-electron chi connectivity index (χ4n) is 2.84. The van der Waals surface area contributed by atoms with Crippen LogP contribution in [0.25, 0.3) is 0 Å². The van der Waals surface area contributed by atoms with Crippen LogP contribution in [0.3, 0.4) is 0 Å². The first kappa shape index (κ1) is 12.9. The quantitative estimate of drug-likeness (QED) is 0.870. The number of Topliss-reactive ketones (excluding diaryl/α,β-unsaturated/α-hetero) is 1. The second kappa shape index (κ2) is 3.97. The number of carbonyl (C=O) groups excluding carboxylic acids is 2. The molecule has 1 aliphatic rings. The summed E-state index contributed by atoms with van der Waals surface area (Å²) in [5, 5.41) is 0. The molecule has 18 heavy (non-hydrogen) atoms. The molecule has 0 fully saturated rings. The highest BCUT2D eigenvalue weighted by molar-refractivity contribution is 5.99. The van der Waals surface area contributed by atoms with E-state index in [4.69, 9.17) is 5.73 Å². The highest BCUT2D eigenvalue weighted by Crippen LogP contribution is 2.37. The van der Waals surface area contributed by atoms with Crippen molar-refractivity contribution < 1.29 is 9.59 Å². The average Bonchev–Trinajstić information content (AvgIpc) is 2.52. The van der Waals surface area contributed by atoms with Crippen LogP contribution in [-0.2, 0) is 11.2 Å². The minimum atomic E-state index is -0.407. The molecule has 0 radical (unpaired) electrons. The second-order valence-corrected chi connectivity index (χ2v) is 6.04. The fourth-order valence-corrected chi connectivity index (χ4v) is 2.84. The van der Waals surface area contributed by atoms with Crippen LogP contribution in [0.4, 0.5) is 0 Å². The van der Waals surface area contributed by atoms with Gasteiger partial charge in [-0.3, -0.25) is 9.59 Å². The van der Waals surface area contributed by atoms with Crippen molar-refractivity contribution in [2.45, 2.75) is 46.6 Å². The Kier molecular flexibility index (Phi) is 2.84. The van der Waals surface area contributed by atoms with E-state index in [1.165, 1.54) is 0 Å². The van der Waals surface area contributed by atoms with Crippen molar-refractivity contribution in [2.24, 2.45) is 11.1 Å². The third-order valence-electron chi connectivity index (χ3n) is 3.72. The monoisotopic (exact) mass is 248 g/mol. The van der Waals surface area contributed by atoms with Crippen molar-refractivity contribution in [3.63, 3.8) is 0 Å². The van der Waals surface area contributed by atoms with Gasteiger partial charge >= 0.3 is 0 Å². The molecule has 2 N–H and O–H groups in total. The summed E-state index contributed by atoms with van der Waals surface area (Å²) in [7, 11) is 0. The van der Waals surface area contributed by atoms with E-state index >= 15 is 0 Å². The molecule has 4 heteroatoms. The van der Waals surface area contributed by atoms with Crippen LogP contribution >= 0.6 is 0 Å². The molecule has 1 unspecified atom stereocenters. The lowest BCUT2D eigenvalue weighted by Gasteiger charge is -2.30. The van der Waals surface area contributed by atoms with Gasteiger partial charge in [0, 0.05) is 23.4 Å². The Balaban J connectivity index is 2.58. The fraction of sp³-hybridized carbons (Fsp3) is 0.571. The third kappa shape index (κ3) is 1.96. The molecule has 1 aromatic rings. The highest BCUT2D eigenvalue weighted by atomic mass is 16.1. The summed E-state index contributed by atoms with van der Waals surface area (Å²) < 4.78 is 1.91. The van der Waals surface area contributed by atoms with Crippen LogP contribution in [0, 0.1) is 12.3 Å². The smallest absolute Gasteiger partial charge is 0.240 e. The number of aromatic nitrogens is 1. The van der Waals surface area contributed by atoms with Crippen molar-refractivity contribution in [3.8, 4) is 0 Å². The predicted molar refractivity (Wildman–Crippen MR) is 69.5 cm³/mol. The molecule has 98 valence electrons. The van der Waals surface area contributed by atoms with Gasteiger partial charge in [0.1, 0.15) is 6.04 Å². The highest BCUT2D eigenvalue weighted by Gasteiger charge is 2.35. The molecule has 0 saturated carbocycles. The molecule has 0 saturated heterocycles. The largest absolute Gasteiger partial charge is 0.368 e. The van der Waals surface area contributed by atoms with Crippen molar-refractivity contribution >= 4 is 11.7 Å². The number of amides is 1. The molecule has 2 rings (SSSR count). The first-order valence-corrected chi connectivity index (χ1v) is 6.26. The lowest BCUT2D eigenvalue weighted by molar-refractivity contribution is -0.120. The van der Waals surface area contributed by atoms with Gasteiger partial charge in [0.15, 0.2) is 5.78 Å². The molecule has 0 bridgehead atoms. The van der Waals surface area contributed by atoms with Gasteiger partial charge in [-0.1, -0.05) is 13.8 Å². The maximum absolute atomic E-state index is 12.1. The number of nitrogens with two attached hydrogens (primary N) is 1. The molecule has 1 heterocycles. The molecule has 1 amide bonds. The van der Waals surface area contributed by atoms with Crippen LogP contribution in [0.15, 0.2) is 6.07 Å². The molecular formula is C14H20N2O2. The van der Waals surface area contributed by atoms with Gasteiger partial charge in [-0.2, -0.15) is 0 Å². The number of carbonyl (C=O) groups is 2. The van der Waals surface area contributed by atoms with Crippen LogP contribution in [0.1, 0.15) is 55.0 Å². The van der Waals surface area contributed by atoms with Gasteiger partial charge in [0.25, 0.3) is 0 Å². The Hall–Kier alpha value is -1.58. The summed E-state index contributed by atoms with van der Waals surface area (Å²) >= 11 is 0. The van der Waals surface area contributed by atoms with Crippen LogP contribution in [0.2, 0.25) is 0 Å². The Morgan fingerprint density at radius 3 is 2.61 bits per heavy atom. The average molecular weight is 248 g/mol. The second-order valence-electron chi connectivity index (χ2n) is 6.04. The zero-order valence-corrected chi connectivity index (χ0v) is 11.4. The lowest BCUT2D eigenvalue weighted by Crippen LogP contribution is -2.31. The molecular weight excluding hydrogens is 228 g/mol. The van der Waals surface area contributed by atoms with Gasteiger partial charge in [-0.05, 0) is 31.7 Å². The molecule has 1 atom stereocenters. The number of hydrogen-bond acceptors (Lipinski definition) is 2. The maximum Gasteiger partial charge on any atom is 0.240 e. The molecule has 0 aromatic carbocycles. The Bertz CT molecular complexity index is 526. The SMILES string of the molecule is Cc1cc2c(n1C(C)C(N)=O)CC(C)(C)CC2=O. The van der Waals surface area contributed by atoms with Gasteiger partial charge in [0.05, 0.1) is 0 Å². The summed E-state index contributed by atoms with van der Waals surface area (Å²) in [4.78, 5) is 23.5. The number of primary amides is 1. The Labute approximate surface area is 107 Å². The molecule has 0 aliphatic heterocycles. The van der Waals surface area contributed by atoms with Crippen molar-refractivity contribution in [2.75, 3.05) is 0 Å². The third-order valence-corrected chi connectivity index (χ3v) is 3.72. The van der Waals surface area contributed by atoms with E-state index in [1.807, 2.05) is 17.6 Å². The van der Waals surface area contributed by atoms with E-state index in [1.54, 1.807) is 6.92 Å². The zero-order valence-electron chi connectivity index (χ0n) is 11.4. The Morgan fingerprint density at radius 2 is 2.06 bits per heavy atom. The van der Waals surface area contributed by atoms with Crippen molar-refractivity contribution in [3.05, 3.63) is 23.0 Å². The number of ketones is 1. The number of nitrogens with zero attached hydrogens (tertiary/aromatic N) is 1. The normalized spacial score (nSPS) is 19.4. The Morgan fingerprint density at radius 1 is 1.44 bits per heavy atom. The first-order valence-electron chi connectivity index (χ1n) is 6.26. The number of fused-ring (bicyclic) bond motifs is 1. The topological polar surface area (TPSA) is 65.1 Å². The summed E-state index contributed by atoms with van der Waals surface area (Å²) in [6.45, 7) is 7.85. The predicted octanol–water partition coefficient (Wildman–Crippen LogP) is 2.00. The minimum Gasteiger partial charge on any atom is -0.368 e. The number of rotatable bonds is 2. The first-order chi connectivity index (χ1) is 8.23. The van der Waals surface area contributed by atoms with Gasteiger partial charge in [-0.25, -0.2) is 0 Å². The van der Waals surface area contributed by atoms with Gasteiger partial charge in [0.2, 0.25) is 5.91 Å². The van der Waals surface area contributed by atoms with E-state index in [-0.39, 0.29) is 17.1 Å². The van der Waals surface area contributed by atoms with E-state index in [2.05, 4.69) is 13.8 Å². The van der Waals surface area contributed by atoms with Crippen molar-refractivity contribution in [1.29, 1.82) is 0 Å². The number of hydrogen-bond donors (Lipinski definition) is 1. The molecule has 1 aromatic heterocycles. The number of aryl methyl sites for hydroxylation is 1. The zero-order chi connectivity index (χ0) is 13.7. The van der Waals surface area contributed by atoms with Crippen LogP contribution in [-0.4, -0.2) is 16.3 Å².